The highest BCUT2D eigenvalue weighted by Gasteiger charge is 2.31. The Bertz CT molecular complexity index is 717. The van der Waals surface area contributed by atoms with E-state index in [1.807, 2.05) is 0 Å². The first kappa shape index (κ1) is 28.0. The second-order valence-electron chi connectivity index (χ2n) is 7.83. The molecular weight excluding hydrogens is 398 g/mol. The third-order valence-corrected chi connectivity index (χ3v) is 7.59. The second kappa shape index (κ2) is 9.80. The van der Waals surface area contributed by atoms with Crippen LogP contribution in [0.5, 0.6) is 0 Å². The first-order valence-electron chi connectivity index (χ1n) is 7.97. The number of carbonyl (C=O) groups excluding carboxylic acids is 2. The molecule has 0 aliphatic heterocycles. The Morgan fingerprint density at radius 1 is 0.815 bits per heavy atom. The van der Waals surface area contributed by atoms with E-state index in [2.05, 4.69) is 4.74 Å². The molecule has 0 bridgehead atoms. The number of ether oxygens (including phenoxy) is 1. The van der Waals surface area contributed by atoms with Crippen LogP contribution in [-0.2, 0) is 34.4 Å². The van der Waals surface area contributed by atoms with E-state index in [0.29, 0.717) is 0 Å². The summed E-state index contributed by atoms with van der Waals surface area (Å²) in [6, 6.07) is 0. The molecule has 10 nitrogen and oxygen atoms in total. The van der Waals surface area contributed by atoms with Crippen LogP contribution in [0.25, 0.3) is 0 Å². The summed E-state index contributed by atoms with van der Waals surface area (Å²) in [7, 11) is -3.10. The zero-order chi connectivity index (χ0) is 22.4. The number of nitrogens with zero attached hydrogens (tertiary/aromatic N) is 2. The van der Waals surface area contributed by atoms with Crippen LogP contribution in [0.4, 0.5) is 0 Å². The zero-order valence-electron chi connectivity index (χ0n) is 17.6. The zero-order valence-corrected chi connectivity index (χ0v) is 19.2. The molecular formula is C15H33N3O7S2. The maximum absolute atomic E-state index is 11.6. The number of esters is 1. The van der Waals surface area contributed by atoms with Crippen molar-refractivity contribution in [2.45, 2.75) is 52.6 Å². The molecule has 27 heavy (non-hydrogen) atoms. The predicted octanol–water partition coefficient (Wildman–Crippen LogP) is -0.249. The largest absolute Gasteiger partial charge is 0.468 e. The van der Waals surface area contributed by atoms with Crippen molar-refractivity contribution in [2.24, 2.45) is 5.73 Å². The molecule has 0 aliphatic carbocycles. The molecule has 0 aliphatic rings. The Labute approximate surface area is 163 Å². The van der Waals surface area contributed by atoms with E-state index >= 15 is 0 Å². The molecule has 0 heterocycles. The van der Waals surface area contributed by atoms with Crippen LogP contribution in [0.15, 0.2) is 0 Å². The monoisotopic (exact) mass is 431 g/mol. The van der Waals surface area contributed by atoms with Crippen molar-refractivity contribution in [3.05, 3.63) is 0 Å². The maximum Gasteiger partial charge on any atom is 0.322 e. The fourth-order valence-electron chi connectivity index (χ4n) is 1.42. The van der Waals surface area contributed by atoms with Gasteiger partial charge in [-0.3, -0.25) is 9.59 Å². The van der Waals surface area contributed by atoms with Crippen molar-refractivity contribution in [1.29, 1.82) is 0 Å². The molecule has 0 atom stereocenters. The summed E-state index contributed by atoms with van der Waals surface area (Å²) in [5.74, 6) is -2.84. The predicted molar refractivity (Wildman–Crippen MR) is 104 cm³/mol. The van der Waals surface area contributed by atoms with E-state index in [-0.39, 0.29) is 0 Å². The quantitative estimate of drug-likeness (QED) is 0.571. The summed E-state index contributed by atoms with van der Waals surface area (Å²) in [4.78, 5) is 21.3. The number of methoxy groups -OCH3 is 1. The number of carbonyl (C=O) groups is 2. The molecule has 0 aromatic rings. The van der Waals surface area contributed by atoms with Gasteiger partial charge in [0.25, 0.3) is 0 Å². The average molecular weight is 432 g/mol. The van der Waals surface area contributed by atoms with E-state index < -0.39 is 54.5 Å². The van der Waals surface area contributed by atoms with Crippen molar-refractivity contribution in [3.8, 4) is 0 Å². The van der Waals surface area contributed by atoms with Crippen LogP contribution >= 0.6 is 0 Å². The van der Waals surface area contributed by atoms with Crippen LogP contribution in [-0.4, -0.2) is 81.1 Å². The smallest absolute Gasteiger partial charge is 0.322 e. The molecule has 2 N–H and O–H groups in total. The van der Waals surface area contributed by atoms with Crippen LogP contribution in [0.3, 0.4) is 0 Å². The van der Waals surface area contributed by atoms with Gasteiger partial charge < -0.3 is 10.5 Å². The lowest BCUT2D eigenvalue weighted by atomic mass is 10.1. The van der Waals surface area contributed by atoms with E-state index in [4.69, 9.17) is 5.73 Å². The standard InChI is InChI=1S/C8H17NO4S.C7H16N2O3S/c1-8(2,3)9(4)14(11,12)6-7(10)13-5;1-7(2,3)9(4)13(11,12)5-6(8)10/h6H2,1-5H3;5H2,1-4H3,(H2,8,10). The van der Waals surface area contributed by atoms with Gasteiger partial charge in [0, 0.05) is 25.2 Å². The number of rotatable bonds is 6. The summed E-state index contributed by atoms with van der Waals surface area (Å²) >= 11 is 0. The van der Waals surface area contributed by atoms with Gasteiger partial charge in [0.05, 0.1) is 7.11 Å². The minimum atomic E-state index is -3.57. The lowest BCUT2D eigenvalue weighted by molar-refractivity contribution is -0.137. The van der Waals surface area contributed by atoms with Crippen LogP contribution < -0.4 is 5.73 Å². The van der Waals surface area contributed by atoms with Gasteiger partial charge in [0.2, 0.25) is 26.0 Å². The second-order valence-corrected chi connectivity index (χ2v) is 11.8. The number of primary amides is 1. The van der Waals surface area contributed by atoms with Crippen molar-refractivity contribution in [1.82, 2.24) is 8.61 Å². The summed E-state index contributed by atoms with van der Waals surface area (Å²) in [6.45, 7) is 10.5. The van der Waals surface area contributed by atoms with Crippen molar-refractivity contribution in [2.75, 3.05) is 32.7 Å². The van der Waals surface area contributed by atoms with Crippen LogP contribution in [0.1, 0.15) is 41.5 Å². The molecule has 0 saturated carbocycles. The van der Waals surface area contributed by atoms with Gasteiger partial charge in [-0.05, 0) is 41.5 Å². The number of hydrogen-bond acceptors (Lipinski definition) is 7. The molecule has 0 radical (unpaired) electrons. The molecule has 162 valence electrons. The molecule has 0 unspecified atom stereocenters. The number of amides is 1. The first-order valence-corrected chi connectivity index (χ1v) is 11.2. The normalized spacial score (nSPS) is 13.1. The van der Waals surface area contributed by atoms with E-state index in [1.54, 1.807) is 41.5 Å². The molecule has 1 amide bonds. The molecule has 0 saturated heterocycles. The van der Waals surface area contributed by atoms with Gasteiger partial charge in [-0.25, -0.2) is 16.8 Å². The lowest BCUT2D eigenvalue weighted by Crippen LogP contribution is -2.45. The third-order valence-electron chi connectivity index (χ3n) is 3.58. The minimum Gasteiger partial charge on any atom is -0.468 e. The van der Waals surface area contributed by atoms with Crippen molar-refractivity contribution in [3.63, 3.8) is 0 Å². The molecule has 0 aromatic heterocycles. The molecule has 0 fully saturated rings. The van der Waals surface area contributed by atoms with Gasteiger partial charge in [-0.15, -0.1) is 0 Å². The topological polar surface area (TPSA) is 144 Å². The molecule has 0 aromatic carbocycles. The maximum atomic E-state index is 11.6. The summed E-state index contributed by atoms with van der Waals surface area (Å²) < 4.78 is 52.6. The van der Waals surface area contributed by atoms with Crippen LogP contribution in [0, 0.1) is 0 Å². The van der Waals surface area contributed by atoms with E-state index in [0.717, 1.165) is 15.7 Å². The highest BCUT2D eigenvalue weighted by Crippen LogP contribution is 2.16. The van der Waals surface area contributed by atoms with E-state index in [9.17, 15) is 26.4 Å². The third kappa shape index (κ3) is 10.6. The molecule has 12 heteroatoms. The van der Waals surface area contributed by atoms with E-state index in [1.165, 1.54) is 14.1 Å². The first-order chi connectivity index (χ1) is 11.7. The van der Waals surface area contributed by atoms with Crippen molar-refractivity contribution < 1.29 is 31.2 Å². The molecule has 0 spiro atoms. The van der Waals surface area contributed by atoms with Gasteiger partial charge in [0.1, 0.15) is 5.75 Å². The molecule has 0 rings (SSSR count). The van der Waals surface area contributed by atoms with Gasteiger partial charge in [0.15, 0.2) is 5.75 Å². The fraction of sp³-hybridized carbons (Fsp3) is 0.867. The Kier molecular flexibility index (Phi) is 10.2. The SMILES string of the molecule is CN(C(C)(C)C)S(=O)(=O)CC(N)=O.COC(=O)CS(=O)(=O)N(C)C(C)(C)C. The minimum absolute atomic E-state index is 0.533. The van der Waals surface area contributed by atoms with Gasteiger partial charge in [-0.1, -0.05) is 0 Å². The Morgan fingerprint density at radius 2 is 1.11 bits per heavy atom. The number of nitrogens with two attached hydrogens (primary N) is 1. The highest BCUT2D eigenvalue weighted by atomic mass is 32.2. The average Bonchev–Trinajstić information content (AvgIpc) is 2.42. The number of sulfonamides is 2. The van der Waals surface area contributed by atoms with Crippen LogP contribution in [0.2, 0.25) is 0 Å². The Balaban J connectivity index is 0. The Hall–Kier alpha value is -1.24. The summed E-state index contributed by atoms with van der Waals surface area (Å²) in [5, 5.41) is 0. The number of hydrogen-bond donors (Lipinski definition) is 1. The summed E-state index contributed by atoms with van der Waals surface area (Å²) in [6.07, 6.45) is 0. The lowest BCUT2D eigenvalue weighted by Gasteiger charge is -2.30. The Morgan fingerprint density at radius 3 is 1.33 bits per heavy atom. The summed E-state index contributed by atoms with van der Waals surface area (Å²) in [5.41, 5.74) is 3.75. The highest BCUT2D eigenvalue weighted by molar-refractivity contribution is 7.90. The fourth-order valence-corrected chi connectivity index (χ4v) is 4.25. The van der Waals surface area contributed by atoms with Gasteiger partial charge >= 0.3 is 5.97 Å². The van der Waals surface area contributed by atoms with Gasteiger partial charge in [-0.2, -0.15) is 8.61 Å². The van der Waals surface area contributed by atoms with Crippen molar-refractivity contribution >= 4 is 31.9 Å².